The molecule has 2 aromatic carbocycles. The Labute approximate surface area is 196 Å². The Hall–Kier alpha value is -3.83. The number of benzene rings is 2. The predicted molar refractivity (Wildman–Crippen MR) is 126 cm³/mol. The zero-order valence-corrected chi connectivity index (χ0v) is 19.2. The van der Waals surface area contributed by atoms with Gasteiger partial charge in [-0.05, 0) is 36.4 Å². The lowest BCUT2D eigenvalue weighted by Crippen LogP contribution is -2.21. The van der Waals surface area contributed by atoms with E-state index in [1.807, 2.05) is 48.5 Å². The summed E-state index contributed by atoms with van der Waals surface area (Å²) < 4.78 is 40.7. The van der Waals surface area contributed by atoms with Crippen molar-refractivity contribution in [2.24, 2.45) is 0 Å². The van der Waals surface area contributed by atoms with Gasteiger partial charge < -0.3 is 24.9 Å². The summed E-state index contributed by atoms with van der Waals surface area (Å²) in [6.45, 7) is 1.01. The first kappa shape index (κ1) is 22.0. The molecule has 0 unspecified atom stereocenters. The van der Waals surface area contributed by atoms with Crippen molar-refractivity contribution in [3.05, 3.63) is 60.5 Å². The van der Waals surface area contributed by atoms with Crippen LogP contribution in [-0.4, -0.2) is 48.8 Å². The summed E-state index contributed by atoms with van der Waals surface area (Å²) in [5.74, 6) is 2.83. The highest BCUT2D eigenvalue weighted by atomic mass is 32.2. The maximum Gasteiger partial charge on any atom is 0.231 e. The van der Waals surface area contributed by atoms with Gasteiger partial charge in [0.05, 0.1) is 24.2 Å². The molecule has 0 saturated carbocycles. The molecular formula is C23H23N5O5S. The van der Waals surface area contributed by atoms with Gasteiger partial charge in [0.2, 0.25) is 6.79 Å². The van der Waals surface area contributed by atoms with Gasteiger partial charge in [0.1, 0.15) is 27.1 Å². The number of hydrogen-bond acceptors (Lipinski definition) is 9. The maximum absolute atomic E-state index is 11.2. The van der Waals surface area contributed by atoms with E-state index >= 15 is 0 Å². The summed E-state index contributed by atoms with van der Waals surface area (Å²) in [5, 5.41) is 11.5. The van der Waals surface area contributed by atoms with Crippen LogP contribution in [0.1, 0.15) is 5.76 Å². The van der Waals surface area contributed by atoms with Gasteiger partial charge in [-0.3, -0.25) is 0 Å². The van der Waals surface area contributed by atoms with Crippen LogP contribution in [0.2, 0.25) is 0 Å². The summed E-state index contributed by atoms with van der Waals surface area (Å²) in [5.41, 5.74) is 9.89. The Morgan fingerprint density at radius 1 is 1.09 bits per heavy atom. The third-order valence-electron chi connectivity index (χ3n) is 5.34. The second-order valence-corrected chi connectivity index (χ2v) is 10.2. The first-order chi connectivity index (χ1) is 16.4. The number of nitrogen functional groups attached to an aromatic ring is 1. The van der Waals surface area contributed by atoms with Gasteiger partial charge in [-0.15, -0.1) is 5.10 Å². The van der Waals surface area contributed by atoms with Crippen molar-refractivity contribution in [2.75, 3.05) is 31.1 Å². The van der Waals surface area contributed by atoms with Crippen LogP contribution in [0.25, 0.3) is 28.3 Å². The summed E-state index contributed by atoms with van der Waals surface area (Å²) >= 11 is 0. The number of anilines is 1. The average Bonchev–Trinajstić information content (AvgIpc) is 3.56. The van der Waals surface area contributed by atoms with Crippen molar-refractivity contribution in [1.29, 1.82) is 0 Å². The monoisotopic (exact) mass is 481 g/mol. The van der Waals surface area contributed by atoms with Crippen molar-refractivity contribution >= 4 is 15.5 Å². The molecule has 0 amide bonds. The van der Waals surface area contributed by atoms with Gasteiger partial charge in [-0.2, -0.15) is 0 Å². The second-order valence-electron chi connectivity index (χ2n) is 7.96. The van der Waals surface area contributed by atoms with E-state index in [2.05, 4.69) is 15.6 Å². The van der Waals surface area contributed by atoms with Gasteiger partial charge in [0.25, 0.3) is 0 Å². The van der Waals surface area contributed by atoms with Crippen LogP contribution in [0, 0.1) is 0 Å². The van der Waals surface area contributed by atoms with Gasteiger partial charge in [-0.1, -0.05) is 11.3 Å². The fraction of sp³-hybridized carbons (Fsp3) is 0.217. The first-order valence-corrected chi connectivity index (χ1v) is 12.6. The fourth-order valence-corrected chi connectivity index (χ4v) is 4.10. The average molecular weight is 482 g/mol. The van der Waals surface area contributed by atoms with Crippen molar-refractivity contribution in [1.82, 2.24) is 20.3 Å². The molecule has 176 valence electrons. The van der Waals surface area contributed by atoms with Crippen molar-refractivity contribution < 1.29 is 22.3 Å². The molecule has 0 bridgehead atoms. The maximum atomic E-state index is 11.2. The fourth-order valence-electron chi connectivity index (χ4n) is 3.59. The molecule has 0 radical (unpaired) electrons. The molecule has 1 aliphatic heterocycles. The molecular weight excluding hydrogens is 458 g/mol. The van der Waals surface area contributed by atoms with Crippen molar-refractivity contribution in [2.45, 2.75) is 6.54 Å². The molecule has 0 saturated heterocycles. The molecule has 0 fully saturated rings. The van der Waals surface area contributed by atoms with Gasteiger partial charge in [-0.25, -0.2) is 13.1 Å². The minimum atomic E-state index is -2.99. The number of rotatable bonds is 8. The van der Waals surface area contributed by atoms with E-state index in [-0.39, 0.29) is 12.5 Å². The SMILES string of the molecule is CS(=O)(=O)CCNCc1ccc(-c2ccc(-c3cn(-c4ccc5c(c4)OCO5)nn3)c(N)c2)o1. The van der Waals surface area contributed by atoms with E-state index in [1.54, 1.807) is 10.9 Å². The van der Waals surface area contributed by atoms with Crippen molar-refractivity contribution in [3.63, 3.8) is 0 Å². The standard InChI is InChI=1S/C23H23N5O5S/c1-34(29,30)9-8-25-12-17-4-7-21(33-17)15-2-5-18(19(24)10-15)20-13-28(27-26-20)16-3-6-22-23(11-16)32-14-31-22/h2-7,10-11,13,25H,8-9,12,14,24H2,1H3. The van der Waals surface area contributed by atoms with Crippen LogP contribution in [0.4, 0.5) is 5.69 Å². The zero-order valence-electron chi connectivity index (χ0n) is 18.4. The highest BCUT2D eigenvalue weighted by Crippen LogP contribution is 2.34. The molecule has 5 rings (SSSR count). The highest BCUT2D eigenvalue weighted by molar-refractivity contribution is 7.90. The number of ether oxygens (including phenoxy) is 2. The Morgan fingerprint density at radius 3 is 2.76 bits per heavy atom. The molecule has 3 heterocycles. The quantitative estimate of drug-likeness (QED) is 0.288. The number of nitrogens with one attached hydrogen (secondary N) is 1. The van der Waals surface area contributed by atoms with Crippen LogP contribution >= 0.6 is 0 Å². The number of nitrogens with zero attached hydrogens (tertiary/aromatic N) is 3. The molecule has 10 nitrogen and oxygen atoms in total. The van der Waals surface area contributed by atoms with Crippen LogP contribution in [0.15, 0.2) is 59.1 Å². The summed E-state index contributed by atoms with van der Waals surface area (Å²) in [7, 11) is -2.99. The number of sulfone groups is 1. The third-order valence-corrected chi connectivity index (χ3v) is 6.28. The van der Waals surface area contributed by atoms with Crippen molar-refractivity contribution in [3.8, 4) is 39.8 Å². The number of fused-ring (bicyclic) bond motifs is 1. The molecule has 0 spiro atoms. The van der Waals surface area contributed by atoms with E-state index in [4.69, 9.17) is 19.6 Å². The van der Waals surface area contributed by atoms with E-state index < -0.39 is 9.84 Å². The molecule has 4 aromatic rings. The Morgan fingerprint density at radius 2 is 1.94 bits per heavy atom. The van der Waals surface area contributed by atoms with Gasteiger partial charge in [0, 0.05) is 35.7 Å². The zero-order chi connectivity index (χ0) is 23.7. The Kier molecular flexibility index (Phi) is 5.72. The summed E-state index contributed by atoms with van der Waals surface area (Å²) in [6.07, 6.45) is 3.02. The first-order valence-electron chi connectivity index (χ1n) is 10.6. The number of hydrogen-bond donors (Lipinski definition) is 2. The minimum Gasteiger partial charge on any atom is -0.460 e. The molecule has 34 heavy (non-hydrogen) atoms. The van der Waals surface area contributed by atoms with Gasteiger partial charge in [0.15, 0.2) is 11.5 Å². The van der Waals surface area contributed by atoms with Gasteiger partial charge >= 0.3 is 0 Å². The number of furan rings is 1. The molecule has 0 aliphatic carbocycles. The lowest BCUT2D eigenvalue weighted by atomic mass is 10.1. The topological polar surface area (TPSA) is 134 Å². The number of nitrogens with two attached hydrogens (primary N) is 1. The smallest absolute Gasteiger partial charge is 0.231 e. The summed E-state index contributed by atoms with van der Waals surface area (Å²) in [6, 6.07) is 14.9. The lowest BCUT2D eigenvalue weighted by molar-refractivity contribution is 0.174. The molecule has 0 atom stereocenters. The van der Waals surface area contributed by atoms with E-state index in [0.29, 0.717) is 47.5 Å². The Bertz CT molecular complexity index is 1440. The molecule has 3 N–H and O–H groups in total. The lowest BCUT2D eigenvalue weighted by Gasteiger charge is -2.05. The second kappa shape index (κ2) is 8.84. The van der Waals surface area contributed by atoms with Crippen LogP contribution in [-0.2, 0) is 16.4 Å². The third kappa shape index (κ3) is 4.75. The predicted octanol–water partition coefficient (Wildman–Crippen LogP) is 2.64. The largest absolute Gasteiger partial charge is 0.460 e. The Balaban J connectivity index is 1.29. The number of aromatic nitrogens is 3. The highest BCUT2D eigenvalue weighted by Gasteiger charge is 2.16. The van der Waals surface area contributed by atoms with Crippen LogP contribution < -0.4 is 20.5 Å². The molecule has 2 aromatic heterocycles. The van der Waals surface area contributed by atoms with E-state index in [0.717, 1.165) is 16.8 Å². The summed E-state index contributed by atoms with van der Waals surface area (Å²) in [4.78, 5) is 0. The molecule has 1 aliphatic rings. The van der Waals surface area contributed by atoms with E-state index in [1.165, 1.54) is 6.26 Å². The minimum absolute atomic E-state index is 0.0812. The van der Waals surface area contributed by atoms with E-state index in [9.17, 15) is 8.42 Å². The molecule has 11 heteroatoms. The normalized spacial score (nSPS) is 12.9. The van der Waals surface area contributed by atoms with Crippen LogP contribution in [0.3, 0.4) is 0 Å². The van der Waals surface area contributed by atoms with Crippen LogP contribution in [0.5, 0.6) is 11.5 Å².